The lowest BCUT2D eigenvalue weighted by Gasteiger charge is -2.15. The van der Waals surface area contributed by atoms with Gasteiger partial charge in [-0.1, -0.05) is 68.2 Å². The van der Waals surface area contributed by atoms with Crippen LogP contribution in [0.3, 0.4) is 0 Å². The second-order valence-corrected chi connectivity index (χ2v) is 7.64. The first-order chi connectivity index (χ1) is 15.7. The Morgan fingerprint density at radius 2 is 1.66 bits per heavy atom. The molecule has 0 radical (unpaired) electrons. The molecule has 0 bridgehead atoms. The van der Waals surface area contributed by atoms with Crippen molar-refractivity contribution < 1.29 is 19.4 Å². The summed E-state index contributed by atoms with van der Waals surface area (Å²) in [5, 5.41) is 13.2. The SMILES string of the molecule is C=CCCCCCCCCOc1cc(OCc2ccccc2)cc(O)c1C(=O)NCC=C. The van der Waals surface area contributed by atoms with E-state index in [1.807, 2.05) is 36.4 Å². The zero-order valence-corrected chi connectivity index (χ0v) is 18.9. The second-order valence-electron chi connectivity index (χ2n) is 7.64. The number of benzene rings is 2. The molecule has 0 fully saturated rings. The van der Waals surface area contributed by atoms with Crippen molar-refractivity contribution in [1.82, 2.24) is 5.32 Å². The molecule has 2 rings (SSSR count). The van der Waals surface area contributed by atoms with Crippen LogP contribution in [0.4, 0.5) is 0 Å². The van der Waals surface area contributed by atoms with E-state index in [2.05, 4.69) is 18.5 Å². The number of rotatable bonds is 16. The van der Waals surface area contributed by atoms with E-state index in [1.54, 1.807) is 12.1 Å². The number of carbonyl (C=O) groups excluding carboxylic acids is 1. The molecule has 2 aromatic rings. The van der Waals surface area contributed by atoms with Gasteiger partial charge in [0.05, 0.1) is 6.61 Å². The Balaban J connectivity index is 1.98. The average Bonchev–Trinajstić information content (AvgIpc) is 2.80. The van der Waals surface area contributed by atoms with E-state index in [0.29, 0.717) is 31.3 Å². The number of allylic oxidation sites excluding steroid dienone is 1. The van der Waals surface area contributed by atoms with E-state index in [0.717, 1.165) is 31.2 Å². The lowest BCUT2D eigenvalue weighted by Crippen LogP contribution is -2.24. The van der Waals surface area contributed by atoms with Gasteiger partial charge in [-0.25, -0.2) is 0 Å². The molecular weight excluding hydrogens is 402 g/mol. The Kier molecular flexibility index (Phi) is 11.5. The van der Waals surface area contributed by atoms with Crippen LogP contribution in [0.2, 0.25) is 0 Å². The summed E-state index contributed by atoms with van der Waals surface area (Å²) in [5.41, 5.74) is 1.12. The van der Waals surface area contributed by atoms with Gasteiger partial charge in [-0.15, -0.1) is 13.2 Å². The van der Waals surface area contributed by atoms with Gasteiger partial charge in [0.2, 0.25) is 0 Å². The molecule has 0 atom stereocenters. The summed E-state index contributed by atoms with van der Waals surface area (Å²) in [6.45, 7) is 8.48. The Bertz CT molecular complexity index is 848. The fourth-order valence-electron chi connectivity index (χ4n) is 3.28. The Labute approximate surface area is 191 Å². The molecule has 0 aromatic heterocycles. The first-order valence-electron chi connectivity index (χ1n) is 11.3. The number of hydrogen-bond donors (Lipinski definition) is 2. The molecule has 0 aliphatic carbocycles. The molecule has 0 aliphatic rings. The largest absolute Gasteiger partial charge is 0.507 e. The van der Waals surface area contributed by atoms with E-state index >= 15 is 0 Å². The van der Waals surface area contributed by atoms with Crippen molar-refractivity contribution in [3.8, 4) is 17.2 Å². The first-order valence-corrected chi connectivity index (χ1v) is 11.3. The van der Waals surface area contributed by atoms with Crippen LogP contribution in [0.15, 0.2) is 67.8 Å². The predicted octanol–water partition coefficient (Wildman–Crippen LogP) is 6.18. The van der Waals surface area contributed by atoms with Crippen molar-refractivity contribution in [1.29, 1.82) is 0 Å². The second kappa shape index (κ2) is 14.7. The Morgan fingerprint density at radius 1 is 0.938 bits per heavy atom. The van der Waals surface area contributed by atoms with Gasteiger partial charge in [0, 0.05) is 18.7 Å². The van der Waals surface area contributed by atoms with Crippen molar-refractivity contribution in [2.45, 2.75) is 51.6 Å². The van der Waals surface area contributed by atoms with Crippen molar-refractivity contribution in [3.63, 3.8) is 0 Å². The third-order valence-electron chi connectivity index (χ3n) is 5.00. The highest BCUT2D eigenvalue weighted by Crippen LogP contribution is 2.34. The summed E-state index contributed by atoms with van der Waals surface area (Å²) >= 11 is 0. The highest BCUT2D eigenvalue weighted by atomic mass is 16.5. The number of hydrogen-bond acceptors (Lipinski definition) is 4. The highest BCUT2D eigenvalue weighted by Gasteiger charge is 2.19. The van der Waals surface area contributed by atoms with Gasteiger partial charge in [0.15, 0.2) is 0 Å². The van der Waals surface area contributed by atoms with Crippen LogP contribution in [-0.2, 0) is 6.61 Å². The summed E-state index contributed by atoms with van der Waals surface area (Å²) in [7, 11) is 0. The van der Waals surface area contributed by atoms with Gasteiger partial charge >= 0.3 is 0 Å². The van der Waals surface area contributed by atoms with E-state index in [4.69, 9.17) is 9.47 Å². The Morgan fingerprint density at radius 3 is 2.38 bits per heavy atom. The van der Waals surface area contributed by atoms with Crippen molar-refractivity contribution in [3.05, 3.63) is 78.9 Å². The van der Waals surface area contributed by atoms with Gasteiger partial charge in [-0.2, -0.15) is 0 Å². The van der Waals surface area contributed by atoms with Gasteiger partial charge in [-0.3, -0.25) is 4.79 Å². The number of aromatic hydroxyl groups is 1. The van der Waals surface area contributed by atoms with Crippen LogP contribution in [0.25, 0.3) is 0 Å². The monoisotopic (exact) mass is 437 g/mol. The highest BCUT2D eigenvalue weighted by molar-refractivity contribution is 6.00. The molecule has 0 spiro atoms. The standard InChI is InChI=1S/C27H35NO4/c1-3-5-6-7-8-9-10-14-18-31-25-20-23(32-21-22-15-12-11-13-16-22)19-24(29)26(25)27(30)28-17-4-2/h3-4,11-13,15-16,19-20,29H,1-2,5-10,14,17-18,21H2,(H,28,30). The van der Waals surface area contributed by atoms with E-state index in [1.165, 1.54) is 25.3 Å². The van der Waals surface area contributed by atoms with Crippen molar-refractivity contribution in [2.24, 2.45) is 0 Å². The molecule has 5 heteroatoms. The third kappa shape index (κ3) is 8.88. The topological polar surface area (TPSA) is 67.8 Å². The minimum Gasteiger partial charge on any atom is -0.507 e. The first kappa shape index (κ1) is 25.1. The van der Waals surface area contributed by atoms with E-state index in [-0.39, 0.29) is 11.3 Å². The minimum absolute atomic E-state index is 0.114. The van der Waals surface area contributed by atoms with Crippen LogP contribution in [0.5, 0.6) is 17.2 Å². The molecule has 2 N–H and O–H groups in total. The van der Waals surface area contributed by atoms with Gasteiger partial charge in [0.25, 0.3) is 5.91 Å². The number of nitrogens with one attached hydrogen (secondary N) is 1. The zero-order valence-electron chi connectivity index (χ0n) is 18.9. The normalized spacial score (nSPS) is 10.4. The van der Waals surface area contributed by atoms with Crippen LogP contribution < -0.4 is 14.8 Å². The van der Waals surface area contributed by atoms with Gasteiger partial charge in [-0.05, 0) is 24.8 Å². The summed E-state index contributed by atoms with van der Waals surface area (Å²) in [6.07, 6.45) is 11.3. The molecule has 32 heavy (non-hydrogen) atoms. The number of phenolic OH excluding ortho intramolecular Hbond substituents is 1. The molecule has 0 unspecified atom stereocenters. The molecule has 0 saturated heterocycles. The number of carbonyl (C=O) groups is 1. The number of phenols is 1. The van der Waals surface area contributed by atoms with Crippen LogP contribution in [-0.4, -0.2) is 24.2 Å². The summed E-state index contributed by atoms with van der Waals surface area (Å²) in [4.78, 5) is 12.5. The number of unbranched alkanes of at least 4 members (excludes halogenated alkanes) is 6. The summed E-state index contributed by atoms with van der Waals surface area (Å²) in [5.74, 6) is 0.188. The third-order valence-corrected chi connectivity index (χ3v) is 5.00. The van der Waals surface area contributed by atoms with E-state index < -0.39 is 5.91 Å². The quantitative estimate of drug-likeness (QED) is 0.243. The number of amides is 1. The van der Waals surface area contributed by atoms with Crippen LogP contribution in [0.1, 0.15) is 60.9 Å². The predicted molar refractivity (Wildman–Crippen MR) is 129 cm³/mol. The smallest absolute Gasteiger partial charge is 0.259 e. The Hall–Kier alpha value is -3.21. The van der Waals surface area contributed by atoms with Crippen LogP contribution >= 0.6 is 0 Å². The van der Waals surface area contributed by atoms with Gasteiger partial charge in [0.1, 0.15) is 29.4 Å². The van der Waals surface area contributed by atoms with E-state index in [9.17, 15) is 9.90 Å². The average molecular weight is 438 g/mol. The molecule has 172 valence electrons. The van der Waals surface area contributed by atoms with Crippen molar-refractivity contribution in [2.75, 3.05) is 13.2 Å². The lowest BCUT2D eigenvalue weighted by atomic mass is 10.1. The maximum absolute atomic E-state index is 12.5. The lowest BCUT2D eigenvalue weighted by molar-refractivity contribution is 0.0950. The fraction of sp³-hybridized carbons (Fsp3) is 0.370. The fourth-order valence-corrected chi connectivity index (χ4v) is 3.28. The molecule has 2 aromatic carbocycles. The molecule has 1 amide bonds. The summed E-state index contributed by atoms with van der Waals surface area (Å²) in [6, 6.07) is 12.9. The molecular formula is C27H35NO4. The molecule has 0 heterocycles. The maximum Gasteiger partial charge on any atom is 0.259 e. The number of ether oxygens (including phenoxy) is 2. The molecule has 0 saturated carbocycles. The minimum atomic E-state index is -0.408. The molecule has 5 nitrogen and oxygen atoms in total. The van der Waals surface area contributed by atoms with Crippen LogP contribution in [0, 0.1) is 0 Å². The van der Waals surface area contributed by atoms with Gasteiger partial charge < -0.3 is 19.9 Å². The zero-order chi connectivity index (χ0) is 23.0. The maximum atomic E-state index is 12.5. The van der Waals surface area contributed by atoms with Crippen molar-refractivity contribution >= 4 is 5.91 Å². The molecule has 0 aliphatic heterocycles. The summed E-state index contributed by atoms with van der Waals surface area (Å²) < 4.78 is 11.7.